The first-order valence-corrected chi connectivity index (χ1v) is 5.85. The second-order valence-electron chi connectivity index (χ2n) is 4.55. The standard InChI is InChI=1S/C12H16ClNO2/c13-8-1-2-11(16)10(7-8)12(14)5-3-9(15)4-6-12/h1-2,7,9,15-16H,3-6,14H2. The maximum Gasteiger partial charge on any atom is 0.120 e. The predicted octanol–water partition coefficient (Wildman–Crippen LogP) is 2.13. The summed E-state index contributed by atoms with van der Waals surface area (Å²) in [7, 11) is 0. The quantitative estimate of drug-likeness (QED) is 0.706. The van der Waals surface area contributed by atoms with Crippen molar-refractivity contribution in [3.63, 3.8) is 0 Å². The number of phenols is 1. The Hall–Kier alpha value is -0.770. The molecule has 1 aromatic carbocycles. The van der Waals surface area contributed by atoms with Gasteiger partial charge in [-0.3, -0.25) is 0 Å². The second-order valence-corrected chi connectivity index (χ2v) is 4.99. The van der Waals surface area contributed by atoms with Gasteiger partial charge in [0, 0.05) is 16.1 Å². The number of aliphatic hydroxyl groups excluding tert-OH is 1. The van der Waals surface area contributed by atoms with Gasteiger partial charge >= 0.3 is 0 Å². The third-order valence-electron chi connectivity index (χ3n) is 3.34. The van der Waals surface area contributed by atoms with Gasteiger partial charge in [-0.1, -0.05) is 11.6 Å². The molecule has 0 amide bonds. The van der Waals surface area contributed by atoms with Crippen LogP contribution in [0.15, 0.2) is 18.2 Å². The second kappa shape index (κ2) is 4.24. The maximum atomic E-state index is 9.82. The minimum Gasteiger partial charge on any atom is -0.508 e. The summed E-state index contributed by atoms with van der Waals surface area (Å²) in [5.41, 5.74) is 6.41. The Balaban J connectivity index is 2.32. The number of nitrogens with two attached hydrogens (primary N) is 1. The van der Waals surface area contributed by atoms with Crippen molar-refractivity contribution in [3.8, 4) is 5.75 Å². The van der Waals surface area contributed by atoms with Gasteiger partial charge in [0.1, 0.15) is 5.75 Å². The molecule has 0 spiro atoms. The van der Waals surface area contributed by atoms with Crippen molar-refractivity contribution in [1.82, 2.24) is 0 Å². The highest BCUT2D eigenvalue weighted by molar-refractivity contribution is 6.30. The summed E-state index contributed by atoms with van der Waals surface area (Å²) < 4.78 is 0. The van der Waals surface area contributed by atoms with Crippen molar-refractivity contribution in [2.75, 3.05) is 0 Å². The normalized spacial score (nSPS) is 30.3. The third-order valence-corrected chi connectivity index (χ3v) is 3.58. The summed E-state index contributed by atoms with van der Waals surface area (Å²) >= 11 is 5.91. The molecule has 3 nitrogen and oxygen atoms in total. The van der Waals surface area contributed by atoms with Crippen LogP contribution in [0.25, 0.3) is 0 Å². The highest BCUT2D eigenvalue weighted by atomic mass is 35.5. The van der Waals surface area contributed by atoms with Crippen LogP contribution in [0, 0.1) is 0 Å². The molecule has 1 saturated carbocycles. The number of phenolic OH excluding ortho intramolecular Hbond substituents is 1. The average molecular weight is 242 g/mol. The fourth-order valence-electron chi connectivity index (χ4n) is 2.29. The largest absolute Gasteiger partial charge is 0.508 e. The molecule has 4 heteroatoms. The number of hydrogen-bond acceptors (Lipinski definition) is 3. The van der Waals surface area contributed by atoms with Crippen molar-refractivity contribution >= 4 is 11.6 Å². The van der Waals surface area contributed by atoms with Crippen LogP contribution in [0.1, 0.15) is 31.2 Å². The molecule has 0 unspecified atom stereocenters. The van der Waals surface area contributed by atoms with Gasteiger partial charge in [-0.25, -0.2) is 0 Å². The molecule has 88 valence electrons. The minimum atomic E-state index is -0.561. The van der Waals surface area contributed by atoms with Crippen LogP contribution in [0.2, 0.25) is 5.02 Å². The van der Waals surface area contributed by atoms with E-state index in [1.165, 1.54) is 0 Å². The summed E-state index contributed by atoms with van der Waals surface area (Å²) in [6, 6.07) is 4.92. The molecule has 1 aliphatic carbocycles. The number of aliphatic hydroxyl groups is 1. The molecule has 0 aromatic heterocycles. The van der Waals surface area contributed by atoms with E-state index in [1.807, 2.05) is 0 Å². The number of rotatable bonds is 1. The molecule has 1 aliphatic rings. The van der Waals surface area contributed by atoms with E-state index in [4.69, 9.17) is 17.3 Å². The number of aromatic hydroxyl groups is 1. The van der Waals surface area contributed by atoms with Crippen LogP contribution in [-0.4, -0.2) is 16.3 Å². The molecule has 2 rings (SSSR count). The summed E-state index contributed by atoms with van der Waals surface area (Å²) in [5.74, 6) is 0.184. The lowest BCUT2D eigenvalue weighted by atomic mass is 9.76. The van der Waals surface area contributed by atoms with Crippen LogP contribution >= 0.6 is 11.6 Å². The minimum absolute atomic E-state index is 0.184. The summed E-state index contributed by atoms with van der Waals surface area (Å²) in [4.78, 5) is 0. The van der Waals surface area contributed by atoms with Gasteiger partial charge in [-0.05, 0) is 43.9 Å². The van der Waals surface area contributed by atoms with Gasteiger partial charge < -0.3 is 15.9 Å². The predicted molar refractivity (Wildman–Crippen MR) is 63.5 cm³/mol. The Morgan fingerprint density at radius 3 is 2.56 bits per heavy atom. The Morgan fingerprint density at radius 2 is 1.94 bits per heavy atom. The molecular formula is C12H16ClNO2. The van der Waals surface area contributed by atoms with Gasteiger partial charge in [-0.15, -0.1) is 0 Å². The van der Waals surface area contributed by atoms with E-state index in [9.17, 15) is 10.2 Å². The van der Waals surface area contributed by atoms with Crippen LogP contribution < -0.4 is 5.73 Å². The number of hydrogen-bond donors (Lipinski definition) is 3. The number of halogens is 1. The molecule has 4 N–H and O–H groups in total. The zero-order chi connectivity index (χ0) is 11.8. The van der Waals surface area contributed by atoms with E-state index < -0.39 is 5.54 Å². The highest BCUT2D eigenvalue weighted by Gasteiger charge is 2.34. The molecule has 0 atom stereocenters. The first-order chi connectivity index (χ1) is 7.51. The zero-order valence-corrected chi connectivity index (χ0v) is 9.74. The average Bonchev–Trinajstić information content (AvgIpc) is 2.26. The Kier molecular flexibility index (Phi) is 3.10. The first kappa shape index (κ1) is 11.7. The molecule has 16 heavy (non-hydrogen) atoms. The molecule has 0 radical (unpaired) electrons. The monoisotopic (exact) mass is 241 g/mol. The summed E-state index contributed by atoms with van der Waals surface area (Å²) in [6.45, 7) is 0. The van der Waals surface area contributed by atoms with E-state index in [0.29, 0.717) is 36.3 Å². The summed E-state index contributed by atoms with van der Waals surface area (Å²) in [5, 5.41) is 19.9. The van der Waals surface area contributed by atoms with E-state index in [0.717, 1.165) is 0 Å². The van der Waals surface area contributed by atoms with Gasteiger partial charge in [0.2, 0.25) is 0 Å². The Morgan fingerprint density at radius 1 is 1.31 bits per heavy atom. The number of benzene rings is 1. The van der Waals surface area contributed by atoms with Gasteiger partial charge in [0.05, 0.1) is 6.10 Å². The third kappa shape index (κ3) is 2.17. The molecule has 0 aliphatic heterocycles. The highest BCUT2D eigenvalue weighted by Crippen LogP contribution is 2.39. The summed E-state index contributed by atoms with van der Waals surface area (Å²) in [6.07, 6.45) is 2.41. The fourth-order valence-corrected chi connectivity index (χ4v) is 2.47. The fraction of sp³-hybridized carbons (Fsp3) is 0.500. The Labute approximate surface area is 99.8 Å². The SMILES string of the molecule is NC1(c2cc(Cl)ccc2O)CCC(O)CC1. The van der Waals surface area contributed by atoms with E-state index >= 15 is 0 Å². The van der Waals surface area contributed by atoms with Gasteiger partial charge in [0.15, 0.2) is 0 Å². The van der Waals surface area contributed by atoms with Crippen LogP contribution in [0.3, 0.4) is 0 Å². The topological polar surface area (TPSA) is 66.5 Å². The smallest absolute Gasteiger partial charge is 0.120 e. The zero-order valence-electron chi connectivity index (χ0n) is 8.99. The first-order valence-electron chi connectivity index (χ1n) is 5.47. The molecule has 1 fully saturated rings. The van der Waals surface area contributed by atoms with E-state index in [2.05, 4.69) is 0 Å². The lowest BCUT2D eigenvalue weighted by molar-refractivity contribution is 0.0960. The molecule has 0 bridgehead atoms. The molecule has 0 heterocycles. The van der Waals surface area contributed by atoms with Crippen molar-refractivity contribution in [2.24, 2.45) is 5.73 Å². The van der Waals surface area contributed by atoms with Gasteiger partial charge in [-0.2, -0.15) is 0 Å². The molecule has 0 saturated heterocycles. The van der Waals surface area contributed by atoms with Crippen LogP contribution in [0.5, 0.6) is 5.75 Å². The molecular weight excluding hydrogens is 226 g/mol. The van der Waals surface area contributed by atoms with Crippen molar-refractivity contribution in [2.45, 2.75) is 37.3 Å². The van der Waals surface area contributed by atoms with Crippen molar-refractivity contribution in [3.05, 3.63) is 28.8 Å². The van der Waals surface area contributed by atoms with Gasteiger partial charge in [0.25, 0.3) is 0 Å². The van der Waals surface area contributed by atoms with Crippen molar-refractivity contribution < 1.29 is 10.2 Å². The van der Waals surface area contributed by atoms with E-state index in [1.54, 1.807) is 18.2 Å². The van der Waals surface area contributed by atoms with Crippen LogP contribution in [0.4, 0.5) is 0 Å². The van der Waals surface area contributed by atoms with E-state index in [-0.39, 0.29) is 11.9 Å². The Bertz CT molecular complexity index is 387. The van der Waals surface area contributed by atoms with Crippen molar-refractivity contribution in [1.29, 1.82) is 0 Å². The van der Waals surface area contributed by atoms with Crippen LogP contribution in [-0.2, 0) is 5.54 Å². The molecule has 1 aromatic rings. The lowest BCUT2D eigenvalue weighted by Crippen LogP contribution is -2.41. The maximum absolute atomic E-state index is 9.82. The lowest BCUT2D eigenvalue weighted by Gasteiger charge is -2.36.